The van der Waals surface area contributed by atoms with Gasteiger partial charge >= 0.3 is 0 Å². The van der Waals surface area contributed by atoms with Crippen LogP contribution >= 0.6 is 0 Å². The maximum absolute atomic E-state index is 13.3. The van der Waals surface area contributed by atoms with E-state index in [0.717, 1.165) is 12.3 Å². The summed E-state index contributed by atoms with van der Waals surface area (Å²) in [6.07, 6.45) is 9.24. The molecule has 30 heavy (non-hydrogen) atoms. The molecule has 172 valence electrons. The van der Waals surface area contributed by atoms with Gasteiger partial charge < -0.3 is 9.47 Å². The third-order valence-electron chi connectivity index (χ3n) is 4.13. The molecule has 0 bridgehead atoms. The van der Waals surface area contributed by atoms with E-state index in [-0.39, 0.29) is 5.92 Å². The summed E-state index contributed by atoms with van der Waals surface area (Å²) in [5.41, 5.74) is 1.48. The van der Waals surface area contributed by atoms with Gasteiger partial charge in [-0.25, -0.2) is 13.2 Å². The lowest BCUT2D eigenvalue weighted by atomic mass is 10.0. The fraction of sp³-hybridized carbons (Fsp3) is 0.565. The van der Waals surface area contributed by atoms with Crippen LogP contribution in [-0.2, 0) is 4.74 Å². The van der Waals surface area contributed by atoms with E-state index >= 15 is 0 Å². The SMILES string of the molecule is C/C=C(\C=C/CC)CCC(C)C.COC(Oc1c(F)c(F)c(F)c(F)c1F)C(C)C. The van der Waals surface area contributed by atoms with Gasteiger partial charge in [-0.05, 0) is 32.1 Å². The highest BCUT2D eigenvalue weighted by Crippen LogP contribution is 2.30. The normalized spacial score (nSPS) is 13.1. The first-order valence-electron chi connectivity index (χ1n) is 10.0. The first kappa shape index (κ1) is 28.1. The molecule has 0 amide bonds. The number of methoxy groups -OCH3 is 1. The van der Waals surface area contributed by atoms with E-state index in [1.54, 1.807) is 13.8 Å². The lowest BCUT2D eigenvalue weighted by Gasteiger charge is -2.21. The van der Waals surface area contributed by atoms with Crippen LogP contribution in [0, 0.1) is 40.9 Å². The molecule has 1 rings (SSSR count). The summed E-state index contributed by atoms with van der Waals surface area (Å²) in [5.74, 6) is -11.2. The molecule has 0 saturated heterocycles. The predicted molar refractivity (Wildman–Crippen MR) is 110 cm³/mol. The summed E-state index contributed by atoms with van der Waals surface area (Å²) < 4.78 is 74.5. The van der Waals surface area contributed by atoms with E-state index < -0.39 is 41.1 Å². The highest BCUT2D eigenvalue weighted by molar-refractivity contribution is 5.29. The zero-order valence-corrected chi connectivity index (χ0v) is 18.8. The number of allylic oxidation sites excluding steroid dienone is 4. The van der Waals surface area contributed by atoms with E-state index in [2.05, 4.69) is 50.7 Å². The molecule has 0 aliphatic carbocycles. The van der Waals surface area contributed by atoms with E-state index in [0.29, 0.717) is 0 Å². The van der Waals surface area contributed by atoms with Gasteiger partial charge in [-0.1, -0.05) is 58.4 Å². The molecule has 0 aliphatic heterocycles. The summed E-state index contributed by atoms with van der Waals surface area (Å²) in [7, 11) is 1.19. The van der Waals surface area contributed by atoms with E-state index in [9.17, 15) is 22.0 Å². The molecular weight excluding hydrogens is 403 g/mol. The van der Waals surface area contributed by atoms with Gasteiger partial charge in [0.15, 0.2) is 5.75 Å². The van der Waals surface area contributed by atoms with Crippen LogP contribution in [0.25, 0.3) is 0 Å². The van der Waals surface area contributed by atoms with Crippen molar-refractivity contribution in [2.24, 2.45) is 11.8 Å². The van der Waals surface area contributed by atoms with Crippen LogP contribution in [0.5, 0.6) is 5.75 Å². The number of hydrogen-bond acceptors (Lipinski definition) is 2. The highest BCUT2D eigenvalue weighted by Gasteiger charge is 2.29. The third-order valence-corrected chi connectivity index (χ3v) is 4.13. The smallest absolute Gasteiger partial charge is 0.207 e. The molecule has 1 unspecified atom stereocenters. The van der Waals surface area contributed by atoms with Crippen molar-refractivity contribution < 1.29 is 31.4 Å². The van der Waals surface area contributed by atoms with Crippen molar-refractivity contribution in [2.75, 3.05) is 7.11 Å². The first-order chi connectivity index (χ1) is 14.0. The molecule has 0 saturated carbocycles. The lowest BCUT2D eigenvalue weighted by Crippen LogP contribution is -2.26. The Kier molecular flexibility index (Phi) is 13.3. The van der Waals surface area contributed by atoms with Crippen molar-refractivity contribution in [3.8, 4) is 5.75 Å². The van der Waals surface area contributed by atoms with Crippen LogP contribution in [0.4, 0.5) is 22.0 Å². The zero-order chi connectivity index (χ0) is 23.4. The minimum Gasteiger partial charge on any atom is -0.458 e. The molecule has 0 radical (unpaired) electrons. The molecule has 1 atom stereocenters. The molecule has 0 N–H and O–H groups in total. The van der Waals surface area contributed by atoms with Crippen LogP contribution in [0.15, 0.2) is 23.8 Å². The average molecular weight is 437 g/mol. The van der Waals surface area contributed by atoms with Gasteiger partial charge in [-0.15, -0.1) is 0 Å². The van der Waals surface area contributed by atoms with Gasteiger partial charge in [-0.3, -0.25) is 0 Å². The fourth-order valence-electron chi connectivity index (χ4n) is 2.31. The van der Waals surface area contributed by atoms with Gasteiger partial charge in [-0.2, -0.15) is 8.78 Å². The van der Waals surface area contributed by atoms with Crippen molar-refractivity contribution in [3.05, 3.63) is 52.9 Å². The summed E-state index contributed by atoms with van der Waals surface area (Å²) in [6.45, 7) is 12.0. The maximum atomic E-state index is 13.3. The van der Waals surface area contributed by atoms with Crippen molar-refractivity contribution in [1.29, 1.82) is 0 Å². The minimum absolute atomic E-state index is 0.343. The zero-order valence-electron chi connectivity index (χ0n) is 18.8. The quantitative estimate of drug-likeness (QED) is 0.130. The van der Waals surface area contributed by atoms with Crippen molar-refractivity contribution >= 4 is 0 Å². The maximum Gasteiger partial charge on any atom is 0.207 e. The molecule has 2 nitrogen and oxygen atoms in total. The van der Waals surface area contributed by atoms with E-state index in [4.69, 9.17) is 4.74 Å². The minimum atomic E-state index is -2.23. The summed E-state index contributed by atoms with van der Waals surface area (Å²) >= 11 is 0. The largest absolute Gasteiger partial charge is 0.458 e. The lowest BCUT2D eigenvalue weighted by molar-refractivity contribution is -0.0876. The summed E-state index contributed by atoms with van der Waals surface area (Å²) in [4.78, 5) is 0. The second-order valence-electron chi connectivity index (χ2n) is 7.47. The Bertz CT molecular complexity index is 683. The van der Waals surface area contributed by atoms with Crippen LogP contribution in [-0.4, -0.2) is 13.4 Å². The Morgan fingerprint density at radius 2 is 1.40 bits per heavy atom. The fourth-order valence-corrected chi connectivity index (χ4v) is 2.31. The van der Waals surface area contributed by atoms with Gasteiger partial charge in [0.25, 0.3) is 0 Å². The second-order valence-corrected chi connectivity index (χ2v) is 7.47. The highest BCUT2D eigenvalue weighted by atomic mass is 19.2. The van der Waals surface area contributed by atoms with Gasteiger partial charge in [0.05, 0.1) is 0 Å². The Hall–Kier alpha value is -1.89. The number of benzene rings is 1. The molecule has 0 aromatic heterocycles. The summed E-state index contributed by atoms with van der Waals surface area (Å²) in [5, 5.41) is 0. The Balaban J connectivity index is 0.000000612. The number of rotatable bonds is 9. The molecule has 7 heteroatoms. The van der Waals surface area contributed by atoms with E-state index in [1.807, 2.05) is 0 Å². The molecular formula is C23H33F5O2. The topological polar surface area (TPSA) is 18.5 Å². The Labute approximate surface area is 176 Å². The molecule has 0 aliphatic rings. The monoisotopic (exact) mass is 436 g/mol. The first-order valence-corrected chi connectivity index (χ1v) is 10.0. The Morgan fingerprint density at radius 1 is 0.900 bits per heavy atom. The van der Waals surface area contributed by atoms with Gasteiger partial charge in [0.1, 0.15) is 0 Å². The van der Waals surface area contributed by atoms with Gasteiger partial charge in [0.2, 0.25) is 35.4 Å². The number of hydrogen-bond donors (Lipinski definition) is 0. The number of ether oxygens (including phenoxy) is 2. The van der Waals surface area contributed by atoms with Crippen LogP contribution < -0.4 is 4.74 Å². The molecule has 1 aromatic rings. The molecule has 1 aromatic carbocycles. The summed E-state index contributed by atoms with van der Waals surface area (Å²) in [6, 6.07) is 0. The van der Waals surface area contributed by atoms with Crippen molar-refractivity contribution in [2.45, 2.75) is 67.1 Å². The molecule has 0 fully saturated rings. The van der Waals surface area contributed by atoms with Crippen molar-refractivity contribution in [1.82, 2.24) is 0 Å². The average Bonchev–Trinajstić information content (AvgIpc) is 2.71. The second kappa shape index (κ2) is 14.2. The Morgan fingerprint density at radius 3 is 1.77 bits per heavy atom. The third kappa shape index (κ3) is 8.86. The molecule has 0 spiro atoms. The van der Waals surface area contributed by atoms with Crippen LogP contribution in [0.1, 0.15) is 60.8 Å². The van der Waals surface area contributed by atoms with Gasteiger partial charge in [0, 0.05) is 13.0 Å². The van der Waals surface area contributed by atoms with E-state index in [1.165, 1.54) is 25.5 Å². The van der Waals surface area contributed by atoms with Crippen LogP contribution in [0.3, 0.4) is 0 Å². The number of halogens is 5. The van der Waals surface area contributed by atoms with Crippen molar-refractivity contribution in [3.63, 3.8) is 0 Å². The predicted octanol–water partition coefficient (Wildman–Crippen LogP) is 7.72. The molecule has 0 heterocycles. The van der Waals surface area contributed by atoms with Crippen LogP contribution in [0.2, 0.25) is 0 Å². The standard InChI is InChI=1S/C12H22.C11H11F5O2/c1-5-7-8-12(6-2)10-9-11(3)4;1-4(2)11(17-3)18-10-8(15)6(13)5(12)7(14)9(10)16/h6-8,11H,5,9-10H2,1-4H3;4,11H,1-3H3/b8-7-,12-6+;.